The van der Waals surface area contributed by atoms with Gasteiger partial charge in [0.05, 0.1) is 19.5 Å². The Morgan fingerprint density at radius 2 is 2.00 bits per heavy atom. The van der Waals surface area contributed by atoms with Crippen molar-refractivity contribution in [3.63, 3.8) is 0 Å². The number of nitrogens with zero attached hydrogens (tertiary/aromatic N) is 3. The van der Waals surface area contributed by atoms with Crippen LogP contribution < -0.4 is 10.6 Å². The second kappa shape index (κ2) is 12.8. The molecule has 3 rings (SSSR count). The minimum Gasteiger partial charge on any atom is -0.469 e. The van der Waals surface area contributed by atoms with Crippen molar-refractivity contribution in [2.45, 2.75) is 38.6 Å². The van der Waals surface area contributed by atoms with Gasteiger partial charge >= 0.3 is 0 Å². The average Bonchev–Trinajstić information content (AvgIpc) is 3.26. The van der Waals surface area contributed by atoms with Crippen molar-refractivity contribution >= 4 is 5.96 Å². The molecule has 1 aromatic heterocycles. The summed E-state index contributed by atoms with van der Waals surface area (Å²) < 4.78 is 10.9. The van der Waals surface area contributed by atoms with Gasteiger partial charge in [-0.05, 0) is 38.3 Å². The molecule has 0 saturated carbocycles. The van der Waals surface area contributed by atoms with Gasteiger partial charge < -0.3 is 19.8 Å². The van der Waals surface area contributed by atoms with Crippen molar-refractivity contribution < 1.29 is 9.15 Å². The molecule has 0 unspecified atom stereocenters. The molecule has 168 valence electrons. The lowest BCUT2D eigenvalue weighted by molar-refractivity contribution is 0.0377. The van der Waals surface area contributed by atoms with Crippen molar-refractivity contribution in [2.75, 3.05) is 65.6 Å². The Balaban J connectivity index is 1.43. The Kier molecular flexibility index (Phi) is 9.73. The summed E-state index contributed by atoms with van der Waals surface area (Å²) in [6.07, 6.45) is 5.94. The zero-order chi connectivity index (χ0) is 21.0. The van der Waals surface area contributed by atoms with E-state index in [2.05, 4.69) is 33.9 Å². The second-order valence-electron chi connectivity index (χ2n) is 8.45. The van der Waals surface area contributed by atoms with Gasteiger partial charge in [0.15, 0.2) is 5.96 Å². The fraction of sp³-hybridized carbons (Fsp3) is 0.696. The molecule has 3 heterocycles. The molecular formula is C23H39N5O2. The van der Waals surface area contributed by atoms with Crippen LogP contribution in [0.25, 0.3) is 0 Å². The van der Waals surface area contributed by atoms with E-state index in [0.29, 0.717) is 6.04 Å². The van der Waals surface area contributed by atoms with Crippen LogP contribution in [0.2, 0.25) is 0 Å². The van der Waals surface area contributed by atoms with Crippen LogP contribution in [0.1, 0.15) is 31.9 Å². The van der Waals surface area contributed by atoms with Crippen LogP contribution >= 0.6 is 0 Å². The zero-order valence-corrected chi connectivity index (χ0v) is 18.6. The van der Waals surface area contributed by atoms with Gasteiger partial charge in [-0.25, -0.2) is 0 Å². The summed E-state index contributed by atoms with van der Waals surface area (Å²) in [5.41, 5.74) is 1.24. The van der Waals surface area contributed by atoms with Gasteiger partial charge in [-0.1, -0.05) is 12.2 Å². The minimum absolute atomic E-state index is 0.473. The molecule has 7 heteroatoms. The molecule has 0 aliphatic carbocycles. The number of hydrogen-bond donors (Lipinski definition) is 2. The summed E-state index contributed by atoms with van der Waals surface area (Å²) >= 11 is 0. The highest BCUT2D eigenvalue weighted by Crippen LogP contribution is 2.11. The van der Waals surface area contributed by atoms with Crippen LogP contribution in [-0.4, -0.2) is 87.4 Å². The molecule has 0 amide bonds. The summed E-state index contributed by atoms with van der Waals surface area (Å²) in [6, 6.07) is 4.43. The largest absolute Gasteiger partial charge is 0.469 e. The maximum absolute atomic E-state index is 5.45. The van der Waals surface area contributed by atoms with Crippen molar-refractivity contribution in [3.05, 3.63) is 36.3 Å². The summed E-state index contributed by atoms with van der Waals surface area (Å²) in [7, 11) is 0. The highest BCUT2D eigenvalue weighted by Gasteiger charge is 2.20. The molecule has 0 spiro atoms. The van der Waals surface area contributed by atoms with Crippen LogP contribution in [0.15, 0.2) is 40.0 Å². The maximum Gasteiger partial charge on any atom is 0.191 e. The predicted octanol–water partition coefficient (Wildman–Crippen LogP) is 2.12. The SMILES string of the molecule is C=C(C)CN1CCC(NC(=NCCCN2CCOCC2)NCCc2ccco2)CC1. The van der Waals surface area contributed by atoms with E-state index in [4.69, 9.17) is 14.1 Å². The molecule has 2 saturated heterocycles. The van der Waals surface area contributed by atoms with E-state index in [1.807, 2.05) is 12.1 Å². The molecule has 2 N–H and O–H groups in total. The maximum atomic E-state index is 5.45. The fourth-order valence-electron chi connectivity index (χ4n) is 4.03. The van der Waals surface area contributed by atoms with E-state index in [9.17, 15) is 0 Å². The molecule has 0 atom stereocenters. The summed E-state index contributed by atoms with van der Waals surface area (Å²) in [6.45, 7) is 15.9. The molecule has 0 bridgehead atoms. The van der Waals surface area contributed by atoms with E-state index >= 15 is 0 Å². The minimum atomic E-state index is 0.473. The number of furan rings is 1. The molecular weight excluding hydrogens is 378 g/mol. The van der Waals surface area contributed by atoms with Crippen LogP contribution in [0, 0.1) is 0 Å². The average molecular weight is 418 g/mol. The van der Waals surface area contributed by atoms with Crippen LogP contribution in [0.4, 0.5) is 0 Å². The van der Waals surface area contributed by atoms with E-state index in [1.165, 1.54) is 5.57 Å². The monoisotopic (exact) mass is 417 g/mol. The number of rotatable bonds is 10. The number of nitrogens with one attached hydrogen (secondary N) is 2. The number of aliphatic imine (C=N–C) groups is 1. The Labute approximate surface area is 181 Å². The third-order valence-corrected chi connectivity index (χ3v) is 5.67. The van der Waals surface area contributed by atoms with Crippen LogP contribution in [0.3, 0.4) is 0 Å². The van der Waals surface area contributed by atoms with Gasteiger partial charge in [-0.3, -0.25) is 14.8 Å². The Hall–Kier alpha value is -1.83. The number of ether oxygens (including phenoxy) is 1. The van der Waals surface area contributed by atoms with E-state index in [-0.39, 0.29) is 0 Å². The van der Waals surface area contributed by atoms with Crippen LogP contribution in [-0.2, 0) is 11.2 Å². The normalized spacial score (nSPS) is 19.7. The third kappa shape index (κ3) is 8.50. The van der Waals surface area contributed by atoms with Gasteiger partial charge in [-0.15, -0.1) is 0 Å². The molecule has 0 radical (unpaired) electrons. The summed E-state index contributed by atoms with van der Waals surface area (Å²) in [4.78, 5) is 9.82. The molecule has 30 heavy (non-hydrogen) atoms. The lowest BCUT2D eigenvalue weighted by Gasteiger charge is -2.33. The quantitative estimate of drug-likeness (QED) is 0.263. The zero-order valence-electron chi connectivity index (χ0n) is 18.6. The molecule has 2 aliphatic rings. The lowest BCUT2D eigenvalue weighted by atomic mass is 10.0. The molecule has 2 fully saturated rings. The first-order chi connectivity index (χ1) is 14.7. The molecule has 0 aromatic carbocycles. The Morgan fingerprint density at radius 1 is 1.20 bits per heavy atom. The number of likely N-dealkylation sites (tertiary alicyclic amines) is 1. The number of morpholine rings is 1. The number of hydrogen-bond acceptors (Lipinski definition) is 5. The van der Waals surface area contributed by atoms with E-state index in [0.717, 1.165) is 103 Å². The number of guanidine groups is 1. The van der Waals surface area contributed by atoms with Crippen LogP contribution in [0.5, 0.6) is 0 Å². The van der Waals surface area contributed by atoms with Crippen molar-refractivity contribution in [1.82, 2.24) is 20.4 Å². The first kappa shape index (κ1) is 22.8. The lowest BCUT2D eigenvalue weighted by Crippen LogP contribution is -2.49. The van der Waals surface area contributed by atoms with Gasteiger partial charge in [0.25, 0.3) is 0 Å². The highest BCUT2D eigenvalue weighted by atomic mass is 16.5. The summed E-state index contributed by atoms with van der Waals surface area (Å²) in [5, 5.41) is 7.18. The molecule has 1 aromatic rings. The Bertz CT molecular complexity index is 632. The van der Waals surface area contributed by atoms with Crippen molar-refractivity contribution in [1.29, 1.82) is 0 Å². The standard InChI is InChI=1S/C23H39N5O2/c1-20(2)19-28-12-7-21(8-13-28)26-23(25-10-6-22-5-3-16-30-22)24-9-4-11-27-14-17-29-18-15-27/h3,5,16,21H,1,4,6-15,17-19H2,2H3,(H2,24,25,26). The predicted molar refractivity (Wildman–Crippen MR) is 122 cm³/mol. The second-order valence-corrected chi connectivity index (χ2v) is 8.45. The van der Waals surface area contributed by atoms with Crippen molar-refractivity contribution in [3.8, 4) is 0 Å². The first-order valence-electron chi connectivity index (χ1n) is 11.4. The first-order valence-corrected chi connectivity index (χ1v) is 11.4. The van der Waals surface area contributed by atoms with E-state index < -0.39 is 0 Å². The van der Waals surface area contributed by atoms with Gasteiger partial charge in [0.1, 0.15) is 5.76 Å². The Morgan fingerprint density at radius 3 is 2.70 bits per heavy atom. The molecule has 2 aliphatic heterocycles. The van der Waals surface area contributed by atoms with E-state index in [1.54, 1.807) is 6.26 Å². The van der Waals surface area contributed by atoms with Gasteiger partial charge in [-0.2, -0.15) is 0 Å². The number of piperidine rings is 1. The summed E-state index contributed by atoms with van der Waals surface area (Å²) in [5.74, 6) is 1.93. The van der Waals surface area contributed by atoms with Gasteiger partial charge in [0, 0.05) is 64.8 Å². The highest BCUT2D eigenvalue weighted by molar-refractivity contribution is 5.80. The topological polar surface area (TPSA) is 65.3 Å². The van der Waals surface area contributed by atoms with Crippen molar-refractivity contribution in [2.24, 2.45) is 4.99 Å². The van der Waals surface area contributed by atoms with Gasteiger partial charge in [0.2, 0.25) is 0 Å². The molecule has 7 nitrogen and oxygen atoms in total. The third-order valence-electron chi connectivity index (χ3n) is 5.67. The smallest absolute Gasteiger partial charge is 0.191 e. The fourth-order valence-corrected chi connectivity index (χ4v) is 4.03.